The summed E-state index contributed by atoms with van der Waals surface area (Å²) in [6, 6.07) is 0.496. The Bertz CT molecular complexity index is 980. The fourth-order valence-corrected chi connectivity index (χ4v) is 4.49. The molecule has 1 saturated carbocycles. The molecule has 0 spiro atoms. The normalized spacial score (nSPS) is 15.4. The van der Waals surface area contributed by atoms with Crippen LogP contribution in [0, 0.1) is 0 Å². The van der Waals surface area contributed by atoms with E-state index in [1.807, 2.05) is 0 Å². The highest BCUT2D eigenvalue weighted by Gasteiger charge is 2.38. The highest BCUT2D eigenvalue weighted by atomic mass is 32.1. The molecule has 2 aromatic rings. The Morgan fingerprint density at radius 2 is 1.61 bits per heavy atom. The summed E-state index contributed by atoms with van der Waals surface area (Å²) in [6.45, 7) is -0.150. The lowest BCUT2D eigenvalue weighted by Crippen LogP contribution is -2.41. The molecule has 0 aliphatic heterocycles. The number of carbonyl (C=O) groups excluding carboxylic acids is 2. The third kappa shape index (κ3) is 6.04. The van der Waals surface area contributed by atoms with Gasteiger partial charge in [-0.25, -0.2) is 9.78 Å². The summed E-state index contributed by atoms with van der Waals surface area (Å²) >= 11 is 1.05. The number of methoxy groups -OCH3 is 1. The Balaban J connectivity index is 2.00. The van der Waals surface area contributed by atoms with Gasteiger partial charge in [0.25, 0.3) is 5.91 Å². The van der Waals surface area contributed by atoms with E-state index in [9.17, 15) is 35.9 Å². The van der Waals surface area contributed by atoms with E-state index in [0.29, 0.717) is 30.0 Å². The summed E-state index contributed by atoms with van der Waals surface area (Å²) in [6.07, 6.45) is -6.53. The number of aromatic nitrogens is 1. The van der Waals surface area contributed by atoms with Crippen molar-refractivity contribution in [2.24, 2.45) is 0 Å². The molecular weight excluding hydrogens is 474 g/mol. The molecule has 1 aliphatic carbocycles. The van der Waals surface area contributed by atoms with Gasteiger partial charge in [0.05, 0.1) is 24.8 Å². The molecule has 0 radical (unpaired) electrons. The van der Waals surface area contributed by atoms with Gasteiger partial charge in [0.1, 0.15) is 5.01 Å². The van der Waals surface area contributed by atoms with Crippen LogP contribution in [0.3, 0.4) is 0 Å². The third-order valence-corrected chi connectivity index (χ3v) is 6.20. The Morgan fingerprint density at radius 1 is 1.03 bits per heavy atom. The minimum atomic E-state index is -5.06. The van der Waals surface area contributed by atoms with Crippen LogP contribution < -0.4 is 0 Å². The van der Waals surface area contributed by atoms with E-state index in [1.165, 1.54) is 17.4 Å². The van der Waals surface area contributed by atoms with Crippen LogP contribution in [0.25, 0.3) is 0 Å². The van der Waals surface area contributed by atoms with Crippen molar-refractivity contribution in [2.75, 3.05) is 7.11 Å². The molecule has 1 aromatic carbocycles. The van der Waals surface area contributed by atoms with Crippen LogP contribution in [-0.4, -0.2) is 34.9 Å². The van der Waals surface area contributed by atoms with Crippen molar-refractivity contribution in [3.63, 3.8) is 0 Å². The van der Waals surface area contributed by atoms with Gasteiger partial charge >= 0.3 is 18.3 Å². The van der Waals surface area contributed by atoms with Crippen LogP contribution in [0.15, 0.2) is 23.6 Å². The topological polar surface area (TPSA) is 59.5 Å². The maximum atomic E-state index is 13.3. The summed E-state index contributed by atoms with van der Waals surface area (Å²) in [5.74, 6) is -1.64. The second-order valence-electron chi connectivity index (χ2n) is 7.64. The second kappa shape index (κ2) is 9.70. The third-order valence-electron chi connectivity index (χ3n) is 5.36. The zero-order valence-electron chi connectivity index (χ0n) is 17.4. The van der Waals surface area contributed by atoms with Crippen molar-refractivity contribution in [3.8, 4) is 0 Å². The molecule has 1 heterocycles. The lowest BCUT2D eigenvalue weighted by atomic mass is 9.93. The van der Waals surface area contributed by atoms with E-state index in [0.717, 1.165) is 30.6 Å². The Hall–Kier alpha value is -2.63. The van der Waals surface area contributed by atoms with Crippen molar-refractivity contribution >= 4 is 23.2 Å². The molecule has 1 fully saturated rings. The molecule has 12 heteroatoms. The lowest BCUT2D eigenvalue weighted by molar-refractivity contribution is -0.143. The number of hydrogen-bond donors (Lipinski definition) is 0. The number of carbonyl (C=O) groups is 2. The first-order valence-electron chi connectivity index (χ1n) is 10.0. The van der Waals surface area contributed by atoms with Gasteiger partial charge in [-0.3, -0.25) is 4.79 Å². The number of alkyl halides is 6. The Kier molecular flexibility index (Phi) is 7.35. The zero-order chi connectivity index (χ0) is 24.4. The van der Waals surface area contributed by atoms with Crippen LogP contribution in [0.1, 0.15) is 69.1 Å². The standard InChI is InChI=1S/C21H20F6N2O3S/c1-32-19(31)16-11-33-17(28-16)10-29(15-5-3-2-4-6-15)18(30)12-7-13(20(22,23)24)9-14(8-12)21(25,26)27/h7-9,11,15H,2-6,10H2,1H3. The molecule has 0 saturated heterocycles. The van der Waals surface area contributed by atoms with Crippen LogP contribution in [0.2, 0.25) is 0 Å². The minimum Gasteiger partial charge on any atom is -0.464 e. The molecule has 0 N–H and O–H groups in total. The van der Waals surface area contributed by atoms with Gasteiger partial charge < -0.3 is 9.64 Å². The molecular formula is C21H20F6N2O3S. The van der Waals surface area contributed by atoms with Crippen LogP contribution in [0.5, 0.6) is 0 Å². The van der Waals surface area contributed by atoms with Gasteiger partial charge in [-0.15, -0.1) is 11.3 Å². The van der Waals surface area contributed by atoms with E-state index in [2.05, 4.69) is 9.72 Å². The number of thiazole rings is 1. The summed E-state index contributed by atoms with van der Waals surface area (Å²) in [5, 5.41) is 1.73. The molecule has 1 aromatic heterocycles. The van der Waals surface area contributed by atoms with Gasteiger partial charge in [-0.2, -0.15) is 26.3 Å². The van der Waals surface area contributed by atoms with E-state index in [1.54, 1.807) is 0 Å². The summed E-state index contributed by atoms with van der Waals surface area (Å²) in [4.78, 5) is 30.3. The average molecular weight is 494 g/mol. The van der Waals surface area contributed by atoms with E-state index in [4.69, 9.17) is 0 Å². The Labute approximate surface area is 189 Å². The number of halogens is 6. The molecule has 0 atom stereocenters. The second-order valence-corrected chi connectivity index (χ2v) is 8.58. The maximum Gasteiger partial charge on any atom is 0.416 e. The number of amides is 1. The zero-order valence-corrected chi connectivity index (χ0v) is 18.2. The minimum absolute atomic E-state index is 0.00645. The van der Waals surface area contributed by atoms with Crippen LogP contribution in [0.4, 0.5) is 26.3 Å². The first kappa shape index (κ1) is 25.0. The van der Waals surface area contributed by atoms with Gasteiger partial charge in [0.2, 0.25) is 0 Å². The highest BCUT2D eigenvalue weighted by Crippen LogP contribution is 2.37. The predicted octanol–water partition coefficient (Wildman–Crippen LogP) is 5.94. The average Bonchev–Trinajstić information content (AvgIpc) is 3.24. The van der Waals surface area contributed by atoms with Crippen molar-refractivity contribution in [1.82, 2.24) is 9.88 Å². The van der Waals surface area contributed by atoms with Crippen molar-refractivity contribution in [2.45, 2.75) is 57.0 Å². The van der Waals surface area contributed by atoms with Crippen LogP contribution in [-0.2, 0) is 23.6 Å². The lowest BCUT2D eigenvalue weighted by Gasteiger charge is -2.34. The summed E-state index contributed by atoms with van der Waals surface area (Å²) < 4.78 is 84.2. The molecule has 1 aliphatic rings. The van der Waals surface area contributed by atoms with Crippen LogP contribution >= 0.6 is 11.3 Å². The molecule has 0 bridgehead atoms. The van der Waals surface area contributed by atoms with Gasteiger partial charge in [-0.05, 0) is 31.0 Å². The quantitative estimate of drug-likeness (QED) is 0.381. The smallest absolute Gasteiger partial charge is 0.416 e. The molecule has 180 valence electrons. The SMILES string of the molecule is COC(=O)c1csc(CN(C(=O)c2cc(C(F)(F)F)cc(C(F)(F)F)c2)C2CCCCC2)n1. The van der Waals surface area contributed by atoms with Gasteiger partial charge in [0, 0.05) is 17.0 Å². The molecule has 1 amide bonds. The largest absolute Gasteiger partial charge is 0.464 e. The van der Waals surface area contributed by atoms with Gasteiger partial charge in [-0.1, -0.05) is 19.3 Å². The van der Waals surface area contributed by atoms with Crippen molar-refractivity contribution in [1.29, 1.82) is 0 Å². The molecule has 0 unspecified atom stereocenters. The number of ether oxygens (including phenoxy) is 1. The molecule has 33 heavy (non-hydrogen) atoms. The summed E-state index contributed by atoms with van der Waals surface area (Å²) in [7, 11) is 1.17. The number of benzene rings is 1. The number of esters is 1. The monoisotopic (exact) mass is 494 g/mol. The first-order chi connectivity index (χ1) is 15.4. The molecule has 5 nitrogen and oxygen atoms in total. The fraction of sp³-hybridized carbons (Fsp3) is 0.476. The number of hydrogen-bond acceptors (Lipinski definition) is 5. The Morgan fingerprint density at radius 3 is 2.12 bits per heavy atom. The highest BCUT2D eigenvalue weighted by molar-refractivity contribution is 7.09. The number of rotatable bonds is 5. The van der Waals surface area contributed by atoms with Crippen molar-refractivity contribution < 1.29 is 40.7 Å². The molecule has 3 rings (SSSR count). The fourth-order valence-electron chi connectivity index (χ4n) is 3.73. The number of nitrogens with zero attached hydrogens (tertiary/aromatic N) is 2. The first-order valence-corrected chi connectivity index (χ1v) is 10.9. The van der Waals surface area contributed by atoms with Gasteiger partial charge in [0.15, 0.2) is 5.69 Å². The van der Waals surface area contributed by atoms with E-state index < -0.39 is 40.9 Å². The van der Waals surface area contributed by atoms with E-state index >= 15 is 0 Å². The summed E-state index contributed by atoms with van der Waals surface area (Å²) in [5.41, 5.74) is -3.79. The maximum absolute atomic E-state index is 13.3. The van der Waals surface area contributed by atoms with Crippen molar-refractivity contribution in [3.05, 3.63) is 51.0 Å². The van der Waals surface area contributed by atoms with E-state index in [-0.39, 0.29) is 24.3 Å². The predicted molar refractivity (Wildman–Crippen MR) is 107 cm³/mol.